The zero-order valence-electron chi connectivity index (χ0n) is 12.4. The average molecular weight is 302 g/mol. The zero-order chi connectivity index (χ0) is 15.8. The molecule has 0 aliphatic heterocycles. The van der Waals surface area contributed by atoms with Gasteiger partial charge in [-0.15, -0.1) is 0 Å². The van der Waals surface area contributed by atoms with Gasteiger partial charge in [0.2, 0.25) is 0 Å². The lowest BCUT2D eigenvalue weighted by Gasteiger charge is -2.08. The van der Waals surface area contributed by atoms with Crippen LogP contribution in [0.3, 0.4) is 0 Å². The molecular weight excluding hydrogens is 283 g/mol. The summed E-state index contributed by atoms with van der Waals surface area (Å²) in [6.07, 6.45) is 0.663. The lowest BCUT2D eigenvalue weighted by molar-refractivity contribution is 0.240. The molecule has 0 aromatic heterocycles. The zero-order valence-corrected chi connectivity index (χ0v) is 12.4. The van der Waals surface area contributed by atoms with E-state index in [0.29, 0.717) is 19.5 Å². The summed E-state index contributed by atoms with van der Waals surface area (Å²) in [4.78, 5) is 11.7. The van der Waals surface area contributed by atoms with E-state index in [2.05, 4.69) is 10.6 Å². The van der Waals surface area contributed by atoms with Crippen LogP contribution >= 0.6 is 0 Å². The Morgan fingerprint density at radius 2 is 1.64 bits per heavy atom. The number of amides is 2. The van der Waals surface area contributed by atoms with Gasteiger partial charge >= 0.3 is 6.03 Å². The predicted molar refractivity (Wildman–Crippen MR) is 83.3 cm³/mol. The van der Waals surface area contributed by atoms with Crippen LogP contribution in [0.2, 0.25) is 0 Å². The molecule has 2 aromatic rings. The van der Waals surface area contributed by atoms with E-state index < -0.39 is 0 Å². The minimum Gasteiger partial charge on any atom is -0.497 e. The fraction of sp³-hybridized carbons (Fsp3) is 0.235. The Kier molecular flexibility index (Phi) is 5.77. The van der Waals surface area contributed by atoms with Crippen molar-refractivity contribution in [3.05, 3.63) is 65.5 Å². The Labute approximate surface area is 129 Å². The van der Waals surface area contributed by atoms with Crippen LogP contribution in [0.5, 0.6) is 5.75 Å². The fourth-order valence-electron chi connectivity index (χ4n) is 1.96. The summed E-state index contributed by atoms with van der Waals surface area (Å²) in [7, 11) is 1.61. The van der Waals surface area contributed by atoms with E-state index >= 15 is 0 Å². The van der Waals surface area contributed by atoms with E-state index in [0.717, 1.165) is 16.9 Å². The topological polar surface area (TPSA) is 50.4 Å². The van der Waals surface area contributed by atoms with E-state index in [9.17, 15) is 9.18 Å². The smallest absolute Gasteiger partial charge is 0.315 e. The van der Waals surface area contributed by atoms with Crippen LogP contribution in [0.1, 0.15) is 11.1 Å². The first-order valence-corrected chi connectivity index (χ1v) is 7.06. The van der Waals surface area contributed by atoms with Crippen LogP contribution in [0, 0.1) is 5.82 Å². The highest BCUT2D eigenvalue weighted by atomic mass is 19.1. The van der Waals surface area contributed by atoms with Gasteiger partial charge in [0.25, 0.3) is 0 Å². The van der Waals surface area contributed by atoms with E-state index in [4.69, 9.17) is 4.74 Å². The SMILES string of the molecule is COc1ccc(CNC(=O)NCCc2ccc(F)cc2)cc1. The van der Waals surface area contributed by atoms with Gasteiger partial charge in [0.1, 0.15) is 11.6 Å². The molecule has 0 unspecified atom stereocenters. The van der Waals surface area contributed by atoms with Crippen molar-refractivity contribution in [1.82, 2.24) is 10.6 Å². The Hall–Kier alpha value is -2.56. The lowest BCUT2D eigenvalue weighted by atomic mass is 10.1. The number of carbonyl (C=O) groups excluding carboxylic acids is 1. The summed E-state index contributed by atoms with van der Waals surface area (Å²) >= 11 is 0. The Morgan fingerprint density at radius 1 is 1.00 bits per heavy atom. The molecule has 0 spiro atoms. The van der Waals surface area contributed by atoms with Gasteiger partial charge in [-0.3, -0.25) is 0 Å². The average Bonchev–Trinajstić information content (AvgIpc) is 2.55. The summed E-state index contributed by atoms with van der Waals surface area (Å²) in [6.45, 7) is 0.951. The maximum absolute atomic E-state index is 12.8. The summed E-state index contributed by atoms with van der Waals surface area (Å²) < 4.78 is 17.8. The molecule has 0 aliphatic rings. The molecule has 0 saturated carbocycles. The highest BCUT2D eigenvalue weighted by Gasteiger charge is 2.01. The van der Waals surface area contributed by atoms with Crippen LogP contribution < -0.4 is 15.4 Å². The summed E-state index contributed by atoms with van der Waals surface area (Å²) in [5, 5.41) is 5.55. The summed E-state index contributed by atoms with van der Waals surface area (Å²) in [5.41, 5.74) is 1.98. The third-order valence-corrected chi connectivity index (χ3v) is 3.22. The van der Waals surface area contributed by atoms with Crippen molar-refractivity contribution >= 4 is 6.03 Å². The van der Waals surface area contributed by atoms with Crippen molar-refractivity contribution in [1.29, 1.82) is 0 Å². The van der Waals surface area contributed by atoms with Crippen LogP contribution in [0.25, 0.3) is 0 Å². The summed E-state index contributed by atoms with van der Waals surface area (Å²) in [6, 6.07) is 13.5. The van der Waals surface area contributed by atoms with Crippen molar-refractivity contribution in [2.45, 2.75) is 13.0 Å². The summed E-state index contributed by atoms with van der Waals surface area (Å²) in [5.74, 6) is 0.529. The number of halogens is 1. The molecule has 2 rings (SSSR count). The number of benzene rings is 2. The highest BCUT2D eigenvalue weighted by molar-refractivity contribution is 5.73. The number of hydrogen-bond acceptors (Lipinski definition) is 2. The van der Waals surface area contributed by atoms with Gasteiger partial charge in [0.05, 0.1) is 7.11 Å². The lowest BCUT2D eigenvalue weighted by Crippen LogP contribution is -2.36. The molecule has 0 fully saturated rings. The van der Waals surface area contributed by atoms with E-state index in [1.807, 2.05) is 24.3 Å². The van der Waals surface area contributed by atoms with Gasteiger partial charge in [-0.1, -0.05) is 24.3 Å². The van der Waals surface area contributed by atoms with Crippen LogP contribution in [-0.4, -0.2) is 19.7 Å². The van der Waals surface area contributed by atoms with Crippen molar-refractivity contribution in [2.75, 3.05) is 13.7 Å². The van der Waals surface area contributed by atoms with E-state index in [-0.39, 0.29) is 11.8 Å². The number of ether oxygens (including phenoxy) is 1. The Bertz CT molecular complexity index is 597. The molecule has 0 atom stereocenters. The second kappa shape index (κ2) is 8.02. The minimum absolute atomic E-state index is 0.224. The molecule has 5 heteroatoms. The molecule has 116 valence electrons. The van der Waals surface area contributed by atoms with E-state index in [1.165, 1.54) is 12.1 Å². The largest absolute Gasteiger partial charge is 0.497 e. The number of rotatable bonds is 6. The third kappa shape index (κ3) is 5.09. The highest BCUT2D eigenvalue weighted by Crippen LogP contribution is 2.10. The molecule has 2 amide bonds. The standard InChI is InChI=1S/C17H19FN2O2/c1-22-16-8-4-14(5-9-16)12-20-17(21)19-11-10-13-2-6-15(18)7-3-13/h2-9H,10-12H2,1H3,(H2,19,20,21). The quantitative estimate of drug-likeness (QED) is 0.862. The molecular formula is C17H19FN2O2. The van der Waals surface area contributed by atoms with Crippen LogP contribution in [0.15, 0.2) is 48.5 Å². The van der Waals surface area contributed by atoms with Gasteiger partial charge < -0.3 is 15.4 Å². The number of urea groups is 1. The normalized spacial score (nSPS) is 10.1. The maximum atomic E-state index is 12.8. The van der Waals surface area contributed by atoms with Gasteiger partial charge in [0, 0.05) is 13.1 Å². The maximum Gasteiger partial charge on any atom is 0.315 e. The Morgan fingerprint density at radius 3 is 2.27 bits per heavy atom. The molecule has 0 heterocycles. The Balaban J connectivity index is 1.68. The van der Waals surface area contributed by atoms with Gasteiger partial charge in [0.15, 0.2) is 0 Å². The van der Waals surface area contributed by atoms with Crippen molar-refractivity contribution < 1.29 is 13.9 Å². The second-order valence-corrected chi connectivity index (χ2v) is 4.83. The van der Waals surface area contributed by atoms with Gasteiger partial charge in [-0.25, -0.2) is 9.18 Å². The number of nitrogens with one attached hydrogen (secondary N) is 2. The van der Waals surface area contributed by atoms with Gasteiger partial charge in [-0.2, -0.15) is 0 Å². The minimum atomic E-state index is -0.256. The molecule has 4 nitrogen and oxygen atoms in total. The fourth-order valence-corrected chi connectivity index (χ4v) is 1.96. The third-order valence-electron chi connectivity index (χ3n) is 3.22. The van der Waals surface area contributed by atoms with E-state index in [1.54, 1.807) is 19.2 Å². The molecule has 0 saturated heterocycles. The molecule has 0 bridgehead atoms. The van der Waals surface area contributed by atoms with Gasteiger partial charge in [-0.05, 0) is 41.8 Å². The first-order valence-electron chi connectivity index (χ1n) is 7.06. The molecule has 0 radical (unpaired) electrons. The number of methoxy groups -OCH3 is 1. The van der Waals surface area contributed by atoms with Crippen LogP contribution in [0.4, 0.5) is 9.18 Å². The van der Waals surface area contributed by atoms with Crippen molar-refractivity contribution in [2.24, 2.45) is 0 Å². The number of carbonyl (C=O) groups is 1. The van der Waals surface area contributed by atoms with Crippen LogP contribution in [-0.2, 0) is 13.0 Å². The monoisotopic (exact) mass is 302 g/mol. The second-order valence-electron chi connectivity index (χ2n) is 4.83. The van der Waals surface area contributed by atoms with Crippen molar-refractivity contribution in [3.63, 3.8) is 0 Å². The first-order chi connectivity index (χ1) is 10.7. The first kappa shape index (κ1) is 15.8. The van der Waals surface area contributed by atoms with Crippen molar-refractivity contribution in [3.8, 4) is 5.75 Å². The molecule has 2 N–H and O–H groups in total. The molecule has 22 heavy (non-hydrogen) atoms. The molecule has 2 aromatic carbocycles. The number of hydrogen-bond donors (Lipinski definition) is 2. The predicted octanol–water partition coefficient (Wildman–Crippen LogP) is 2.88. The molecule has 0 aliphatic carbocycles.